The molecular weight excluding hydrogens is 376 g/mol. The summed E-state index contributed by atoms with van der Waals surface area (Å²) in [6.45, 7) is 0.667. The number of anilines is 2. The lowest BCUT2D eigenvalue weighted by Crippen LogP contribution is -2.23. The van der Waals surface area contributed by atoms with Gasteiger partial charge < -0.3 is 5.32 Å². The summed E-state index contributed by atoms with van der Waals surface area (Å²) in [6, 6.07) is 5.89. The molecule has 8 nitrogen and oxygen atoms in total. The maximum absolute atomic E-state index is 12.2. The molecule has 2 heterocycles. The van der Waals surface area contributed by atoms with Crippen LogP contribution in [0.4, 0.5) is 10.8 Å². The first kappa shape index (κ1) is 18.5. The maximum atomic E-state index is 12.2. The molecular formula is C16H18N4O4S2. The maximum Gasteiger partial charge on any atom is 0.240 e. The molecule has 0 atom stereocenters. The van der Waals surface area contributed by atoms with Crippen LogP contribution in [0.1, 0.15) is 18.5 Å². The number of carbonyl (C=O) groups is 2. The number of hydrogen-bond donors (Lipinski definition) is 2. The van der Waals surface area contributed by atoms with Crippen LogP contribution in [-0.4, -0.2) is 38.8 Å². The van der Waals surface area contributed by atoms with Gasteiger partial charge in [-0.25, -0.2) is 18.1 Å². The number of thiazole rings is 1. The van der Waals surface area contributed by atoms with Crippen LogP contribution in [0, 0.1) is 0 Å². The van der Waals surface area contributed by atoms with Crippen molar-refractivity contribution < 1.29 is 18.0 Å². The van der Waals surface area contributed by atoms with Crippen LogP contribution in [-0.2, 0) is 26.0 Å². The predicted octanol–water partition coefficient (Wildman–Crippen LogP) is 1.36. The molecule has 0 bridgehead atoms. The smallest absolute Gasteiger partial charge is 0.240 e. The molecule has 1 aromatic carbocycles. The Balaban J connectivity index is 1.61. The molecule has 10 heteroatoms. The van der Waals surface area contributed by atoms with E-state index in [1.54, 1.807) is 10.3 Å². The van der Waals surface area contributed by atoms with Crippen molar-refractivity contribution in [2.75, 3.05) is 23.8 Å². The minimum atomic E-state index is -3.51. The van der Waals surface area contributed by atoms with Crippen molar-refractivity contribution in [1.29, 1.82) is 0 Å². The van der Waals surface area contributed by atoms with Crippen molar-refractivity contribution >= 4 is 44.0 Å². The predicted molar refractivity (Wildman–Crippen MR) is 98.7 cm³/mol. The summed E-state index contributed by atoms with van der Waals surface area (Å²) < 4.78 is 25.6. The lowest BCUT2D eigenvalue weighted by Gasteiger charge is -2.10. The van der Waals surface area contributed by atoms with Gasteiger partial charge in [0.2, 0.25) is 21.8 Å². The first-order valence-electron chi connectivity index (χ1n) is 7.97. The molecule has 3 rings (SSSR count). The molecule has 26 heavy (non-hydrogen) atoms. The second-order valence-corrected chi connectivity index (χ2v) is 8.45. The number of sulfonamides is 1. The summed E-state index contributed by atoms with van der Waals surface area (Å²) in [7, 11) is -2.17. The summed E-state index contributed by atoms with van der Waals surface area (Å²) in [5.41, 5.74) is 1.09. The summed E-state index contributed by atoms with van der Waals surface area (Å²) in [5, 5.41) is 5.09. The third-order valence-corrected chi connectivity index (χ3v) is 6.25. The summed E-state index contributed by atoms with van der Waals surface area (Å²) >= 11 is 1.35. The SMILES string of the molecule is CNS(=O)(=O)c1ccc(NC(=O)Cc2csc(N3CCCC3=O)n2)cc1. The molecule has 2 N–H and O–H groups in total. The first-order chi connectivity index (χ1) is 12.4. The lowest BCUT2D eigenvalue weighted by molar-refractivity contribution is -0.117. The zero-order valence-corrected chi connectivity index (χ0v) is 15.7. The van der Waals surface area contributed by atoms with E-state index in [2.05, 4.69) is 15.0 Å². The average Bonchev–Trinajstić information content (AvgIpc) is 3.24. The zero-order chi connectivity index (χ0) is 18.7. The average molecular weight is 394 g/mol. The van der Waals surface area contributed by atoms with Gasteiger partial charge in [0.1, 0.15) is 0 Å². The highest BCUT2D eigenvalue weighted by atomic mass is 32.2. The number of amides is 2. The summed E-state index contributed by atoms with van der Waals surface area (Å²) in [6.07, 6.45) is 1.44. The van der Waals surface area contributed by atoms with Gasteiger partial charge in [-0.05, 0) is 37.7 Å². The largest absolute Gasteiger partial charge is 0.326 e. The normalized spacial score (nSPS) is 14.7. The number of aromatic nitrogens is 1. The number of hydrogen-bond acceptors (Lipinski definition) is 6. The Morgan fingerprint density at radius 3 is 2.65 bits per heavy atom. The zero-order valence-electron chi connectivity index (χ0n) is 14.1. The van der Waals surface area contributed by atoms with E-state index >= 15 is 0 Å². The Labute approximate surface area is 155 Å². The molecule has 2 aromatic rings. The fourth-order valence-electron chi connectivity index (χ4n) is 2.56. The molecule has 1 aromatic heterocycles. The summed E-state index contributed by atoms with van der Waals surface area (Å²) in [4.78, 5) is 30.0. The molecule has 138 valence electrons. The lowest BCUT2D eigenvalue weighted by atomic mass is 10.3. The Morgan fingerprint density at radius 1 is 1.31 bits per heavy atom. The quantitative estimate of drug-likeness (QED) is 0.769. The van der Waals surface area contributed by atoms with Crippen LogP contribution in [0.2, 0.25) is 0 Å². The van der Waals surface area contributed by atoms with Gasteiger partial charge in [-0.1, -0.05) is 0 Å². The highest BCUT2D eigenvalue weighted by molar-refractivity contribution is 7.89. The first-order valence-corrected chi connectivity index (χ1v) is 10.3. The monoisotopic (exact) mass is 394 g/mol. The topological polar surface area (TPSA) is 108 Å². The Hall–Kier alpha value is -2.30. The van der Waals surface area contributed by atoms with E-state index in [0.29, 0.717) is 29.5 Å². The number of benzene rings is 1. The van der Waals surface area contributed by atoms with E-state index < -0.39 is 10.0 Å². The highest BCUT2D eigenvalue weighted by Crippen LogP contribution is 2.25. The number of carbonyl (C=O) groups excluding carboxylic acids is 2. The number of nitrogens with one attached hydrogen (secondary N) is 2. The Bertz CT molecular complexity index is 922. The van der Waals surface area contributed by atoms with E-state index in [4.69, 9.17) is 0 Å². The van der Waals surface area contributed by atoms with Crippen LogP contribution in [0.3, 0.4) is 0 Å². The highest BCUT2D eigenvalue weighted by Gasteiger charge is 2.24. The molecule has 1 aliphatic rings. The molecule has 0 aliphatic carbocycles. The van der Waals surface area contributed by atoms with Crippen LogP contribution < -0.4 is 14.9 Å². The summed E-state index contributed by atoms with van der Waals surface area (Å²) in [5.74, 6) is -0.203. The molecule has 1 fully saturated rings. The van der Waals surface area contributed by atoms with E-state index in [9.17, 15) is 18.0 Å². The standard InChI is InChI=1S/C16H18N4O4S2/c1-17-26(23,24)13-6-4-11(5-7-13)18-14(21)9-12-10-25-16(19-12)20-8-2-3-15(20)22/h4-7,10,17H,2-3,8-9H2,1H3,(H,18,21). The van der Waals surface area contributed by atoms with Gasteiger partial charge in [0.25, 0.3) is 0 Å². The molecule has 2 amide bonds. The second kappa shape index (κ2) is 7.52. The minimum absolute atomic E-state index is 0.0620. The minimum Gasteiger partial charge on any atom is -0.326 e. The van der Waals surface area contributed by atoms with Gasteiger partial charge in [0.05, 0.1) is 17.0 Å². The second-order valence-electron chi connectivity index (χ2n) is 5.73. The molecule has 1 aliphatic heterocycles. The van der Waals surface area contributed by atoms with Crippen molar-refractivity contribution in [3.63, 3.8) is 0 Å². The fourth-order valence-corrected chi connectivity index (χ4v) is 4.15. The van der Waals surface area contributed by atoms with Gasteiger partial charge in [-0.3, -0.25) is 14.5 Å². The third kappa shape index (κ3) is 4.09. The van der Waals surface area contributed by atoms with E-state index in [1.165, 1.54) is 42.6 Å². The van der Waals surface area contributed by atoms with Crippen LogP contribution in [0.15, 0.2) is 34.5 Å². The molecule has 0 spiro atoms. The van der Waals surface area contributed by atoms with Crippen molar-refractivity contribution in [2.45, 2.75) is 24.2 Å². The van der Waals surface area contributed by atoms with Crippen molar-refractivity contribution in [2.24, 2.45) is 0 Å². The van der Waals surface area contributed by atoms with Crippen LogP contribution >= 0.6 is 11.3 Å². The molecule has 0 saturated carbocycles. The van der Waals surface area contributed by atoms with Gasteiger partial charge in [-0.15, -0.1) is 11.3 Å². The van der Waals surface area contributed by atoms with Crippen molar-refractivity contribution in [3.05, 3.63) is 35.3 Å². The van der Waals surface area contributed by atoms with Gasteiger partial charge >= 0.3 is 0 Å². The fraction of sp³-hybridized carbons (Fsp3) is 0.312. The number of nitrogens with zero attached hydrogens (tertiary/aromatic N) is 2. The van der Waals surface area contributed by atoms with E-state index in [0.717, 1.165) is 6.42 Å². The van der Waals surface area contributed by atoms with Gasteiger partial charge in [0, 0.05) is 24.0 Å². The Kier molecular flexibility index (Phi) is 5.35. The van der Waals surface area contributed by atoms with E-state index in [1.807, 2.05) is 0 Å². The van der Waals surface area contributed by atoms with Crippen molar-refractivity contribution in [1.82, 2.24) is 9.71 Å². The van der Waals surface area contributed by atoms with Crippen LogP contribution in [0.5, 0.6) is 0 Å². The van der Waals surface area contributed by atoms with Crippen molar-refractivity contribution in [3.8, 4) is 0 Å². The number of rotatable bonds is 6. The molecule has 0 unspecified atom stereocenters. The van der Waals surface area contributed by atoms with E-state index in [-0.39, 0.29) is 23.1 Å². The third-order valence-electron chi connectivity index (χ3n) is 3.90. The molecule has 0 radical (unpaired) electrons. The Morgan fingerprint density at radius 2 is 2.04 bits per heavy atom. The van der Waals surface area contributed by atoms with Gasteiger partial charge in [0.15, 0.2) is 5.13 Å². The van der Waals surface area contributed by atoms with Gasteiger partial charge in [-0.2, -0.15) is 0 Å². The van der Waals surface area contributed by atoms with Crippen LogP contribution in [0.25, 0.3) is 0 Å². The molecule has 1 saturated heterocycles.